The van der Waals surface area contributed by atoms with Crippen LogP contribution in [0, 0.1) is 5.92 Å². The van der Waals surface area contributed by atoms with Gasteiger partial charge in [0.25, 0.3) is 0 Å². The lowest BCUT2D eigenvalue weighted by atomic mass is 10.0. The first-order chi connectivity index (χ1) is 6.27. The molecule has 0 bridgehead atoms. The van der Waals surface area contributed by atoms with Crippen LogP contribution in [-0.2, 0) is 4.79 Å². The van der Waals surface area contributed by atoms with Crippen molar-refractivity contribution in [2.75, 3.05) is 0 Å². The van der Waals surface area contributed by atoms with Crippen LogP contribution >= 0.6 is 0 Å². The number of rotatable bonds is 4. The van der Waals surface area contributed by atoms with E-state index in [0.29, 0.717) is 6.04 Å². The van der Waals surface area contributed by atoms with Gasteiger partial charge in [-0.3, -0.25) is 4.79 Å². The average molecular weight is 183 g/mol. The molecule has 0 saturated heterocycles. The summed E-state index contributed by atoms with van der Waals surface area (Å²) in [6.45, 7) is 4.17. The zero-order chi connectivity index (χ0) is 9.68. The molecule has 0 aromatic heterocycles. The summed E-state index contributed by atoms with van der Waals surface area (Å²) in [6, 6.07) is 0.480. The van der Waals surface area contributed by atoms with E-state index in [2.05, 4.69) is 19.2 Å². The predicted octanol–water partition coefficient (Wildman–Crippen LogP) is 2.48. The molecule has 1 aliphatic rings. The standard InChI is InChI=1S/C11H21NO/c1-3-9(4-2)11(13)12-10-7-5-6-8-10/h9-10H,3-8H2,1-2H3,(H,12,13). The molecule has 0 spiro atoms. The van der Waals surface area contributed by atoms with Crippen LogP contribution in [0.15, 0.2) is 0 Å². The van der Waals surface area contributed by atoms with Gasteiger partial charge in [0.15, 0.2) is 0 Å². The zero-order valence-electron chi connectivity index (χ0n) is 8.81. The third-order valence-corrected chi connectivity index (χ3v) is 3.06. The Morgan fingerprint density at radius 1 is 1.31 bits per heavy atom. The Balaban J connectivity index is 2.29. The fraction of sp³-hybridized carbons (Fsp3) is 0.909. The van der Waals surface area contributed by atoms with Crippen LogP contribution in [0.25, 0.3) is 0 Å². The lowest BCUT2D eigenvalue weighted by Crippen LogP contribution is -2.36. The maximum Gasteiger partial charge on any atom is 0.223 e. The molecule has 1 aliphatic carbocycles. The lowest BCUT2D eigenvalue weighted by molar-refractivity contribution is -0.125. The molecule has 13 heavy (non-hydrogen) atoms. The minimum atomic E-state index is 0.237. The molecule has 1 N–H and O–H groups in total. The topological polar surface area (TPSA) is 29.1 Å². The molecule has 76 valence electrons. The molecule has 0 atom stereocenters. The van der Waals surface area contributed by atoms with Crippen molar-refractivity contribution in [1.29, 1.82) is 0 Å². The summed E-state index contributed by atoms with van der Waals surface area (Å²) >= 11 is 0. The van der Waals surface area contributed by atoms with Gasteiger partial charge in [-0.25, -0.2) is 0 Å². The van der Waals surface area contributed by atoms with Crippen molar-refractivity contribution < 1.29 is 4.79 Å². The molecule has 0 aliphatic heterocycles. The second-order valence-electron chi connectivity index (χ2n) is 4.00. The van der Waals surface area contributed by atoms with E-state index in [4.69, 9.17) is 0 Å². The van der Waals surface area contributed by atoms with E-state index in [-0.39, 0.29) is 11.8 Å². The van der Waals surface area contributed by atoms with Crippen molar-refractivity contribution in [2.45, 2.75) is 58.4 Å². The van der Waals surface area contributed by atoms with E-state index < -0.39 is 0 Å². The first-order valence-corrected chi connectivity index (χ1v) is 5.58. The Morgan fingerprint density at radius 2 is 1.85 bits per heavy atom. The second-order valence-corrected chi connectivity index (χ2v) is 4.00. The lowest BCUT2D eigenvalue weighted by Gasteiger charge is -2.17. The van der Waals surface area contributed by atoms with Gasteiger partial charge >= 0.3 is 0 Å². The third-order valence-electron chi connectivity index (χ3n) is 3.06. The molecule has 1 fully saturated rings. The summed E-state index contributed by atoms with van der Waals surface area (Å²) in [4.78, 5) is 11.7. The van der Waals surface area contributed by atoms with Crippen LogP contribution in [0.2, 0.25) is 0 Å². The van der Waals surface area contributed by atoms with Crippen LogP contribution in [0.4, 0.5) is 0 Å². The van der Waals surface area contributed by atoms with Gasteiger partial charge < -0.3 is 5.32 Å². The van der Waals surface area contributed by atoms with Crippen LogP contribution in [0.1, 0.15) is 52.4 Å². The third kappa shape index (κ3) is 3.02. The summed E-state index contributed by atoms with van der Waals surface area (Å²) < 4.78 is 0. The van der Waals surface area contributed by atoms with E-state index in [9.17, 15) is 4.79 Å². The molecular weight excluding hydrogens is 162 g/mol. The van der Waals surface area contributed by atoms with Gasteiger partial charge in [0.1, 0.15) is 0 Å². The smallest absolute Gasteiger partial charge is 0.223 e. The van der Waals surface area contributed by atoms with Crippen LogP contribution < -0.4 is 5.32 Å². The van der Waals surface area contributed by atoms with Gasteiger partial charge in [-0.1, -0.05) is 26.7 Å². The van der Waals surface area contributed by atoms with Crippen LogP contribution in [-0.4, -0.2) is 11.9 Å². The Bertz CT molecular complexity index is 157. The maximum atomic E-state index is 11.7. The van der Waals surface area contributed by atoms with Crippen molar-refractivity contribution >= 4 is 5.91 Å². The van der Waals surface area contributed by atoms with E-state index in [1.54, 1.807) is 0 Å². The molecule has 0 aromatic carbocycles. The Labute approximate surface area is 81.1 Å². The number of carbonyl (C=O) groups is 1. The molecule has 0 aromatic rings. The highest BCUT2D eigenvalue weighted by Crippen LogP contribution is 2.18. The van der Waals surface area contributed by atoms with E-state index in [1.807, 2.05) is 0 Å². The number of amides is 1. The molecule has 0 heterocycles. The first kappa shape index (κ1) is 10.6. The van der Waals surface area contributed by atoms with Gasteiger partial charge in [0, 0.05) is 12.0 Å². The van der Waals surface area contributed by atoms with E-state index >= 15 is 0 Å². The van der Waals surface area contributed by atoms with Gasteiger partial charge in [0.05, 0.1) is 0 Å². The zero-order valence-corrected chi connectivity index (χ0v) is 8.81. The first-order valence-electron chi connectivity index (χ1n) is 5.58. The Hall–Kier alpha value is -0.530. The molecule has 1 amide bonds. The van der Waals surface area contributed by atoms with Crippen LogP contribution in [0.3, 0.4) is 0 Å². The molecule has 1 rings (SSSR count). The number of hydrogen-bond acceptors (Lipinski definition) is 1. The molecular formula is C11H21NO. The molecule has 0 unspecified atom stereocenters. The summed E-state index contributed by atoms with van der Waals surface area (Å²) in [7, 11) is 0. The SMILES string of the molecule is CCC(CC)C(=O)NC1CCCC1. The number of carbonyl (C=O) groups excluding carboxylic acids is 1. The summed E-state index contributed by atoms with van der Waals surface area (Å²) in [6.07, 6.45) is 6.88. The molecule has 0 radical (unpaired) electrons. The average Bonchev–Trinajstić information content (AvgIpc) is 2.59. The largest absolute Gasteiger partial charge is 0.353 e. The molecule has 1 saturated carbocycles. The van der Waals surface area contributed by atoms with E-state index in [0.717, 1.165) is 12.8 Å². The minimum absolute atomic E-state index is 0.237. The Kier molecular flexibility index (Phi) is 4.26. The van der Waals surface area contributed by atoms with Crippen molar-refractivity contribution in [3.63, 3.8) is 0 Å². The fourth-order valence-corrected chi connectivity index (χ4v) is 2.05. The number of nitrogens with one attached hydrogen (secondary N) is 1. The van der Waals surface area contributed by atoms with Crippen LogP contribution in [0.5, 0.6) is 0 Å². The normalized spacial score (nSPS) is 18.1. The van der Waals surface area contributed by atoms with Gasteiger partial charge in [-0.05, 0) is 25.7 Å². The monoisotopic (exact) mass is 183 g/mol. The van der Waals surface area contributed by atoms with Crippen molar-refractivity contribution in [1.82, 2.24) is 5.32 Å². The van der Waals surface area contributed by atoms with E-state index in [1.165, 1.54) is 25.7 Å². The highest BCUT2D eigenvalue weighted by molar-refractivity contribution is 5.78. The summed E-state index contributed by atoms with van der Waals surface area (Å²) in [5.74, 6) is 0.512. The van der Waals surface area contributed by atoms with Gasteiger partial charge in [0.2, 0.25) is 5.91 Å². The minimum Gasteiger partial charge on any atom is -0.353 e. The highest BCUT2D eigenvalue weighted by atomic mass is 16.1. The van der Waals surface area contributed by atoms with Gasteiger partial charge in [-0.15, -0.1) is 0 Å². The van der Waals surface area contributed by atoms with Crippen molar-refractivity contribution in [3.8, 4) is 0 Å². The molecule has 2 nitrogen and oxygen atoms in total. The van der Waals surface area contributed by atoms with Crippen molar-refractivity contribution in [2.24, 2.45) is 5.92 Å². The number of hydrogen-bond donors (Lipinski definition) is 1. The fourth-order valence-electron chi connectivity index (χ4n) is 2.05. The Morgan fingerprint density at radius 3 is 2.31 bits per heavy atom. The quantitative estimate of drug-likeness (QED) is 0.712. The molecule has 2 heteroatoms. The summed E-state index contributed by atoms with van der Waals surface area (Å²) in [5, 5.41) is 3.14. The van der Waals surface area contributed by atoms with Gasteiger partial charge in [-0.2, -0.15) is 0 Å². The predicted molar refractivity (Wildman–Crippen MR) is 54.5 cm³/mol. The second kappa shape index (κ2) is 5.25. The summed E-state index contributed by atoms with van der Waals surface area (Å²) in [5.41, 5.74) is 0. The highest BCUT2D eigenvalue weighted by Gasteiger charge is 2.20. The van der Waals surface area contributed by atoms with Crippen molar-refractivity contribution in [3.05, 3.63) is 0 Å². The maximum absolute atomic E-state index is 11.7.